The van der Waals surface area contributed by atoms with Crippen LogP contribution in [0, 0.1) is 13.8 Å². The molecule has 0 aliphatic heterocycles. The van der Waals surface area contributed by atoms with Gasteiger partial charge in [-0.2, -0.15) is 0 Å². The molecule has 2 aromatic carbocycles. The normalized spacial score (nSPS) is 12.2. The summed E-state index contributed by atoms with van der Waals surface area (Å²) in [6.45, 7) is 5.70. The van der Waals surface area contributed by atoms with Crippen LogP contribution in [0.1, 0.15) is 40.1 Å². The lowest BCUT2D eigenvalue weighted by atomic mass is 10.00. The summed E-state index contributed by atoms with van der Waals surface area (Å²) in [5, 5.41) is 13.3. The van der Waals surface area contributed by atoms with Crippen LogP contribution in [0.15, 0.2) is 86.9 Å². The molecule has 2 N–H and O–H groups in total. The second-order valence-electron chi connectivity index (χ2n) is 9.45. The van der Waals surface area contributed by atoms with Gasteiger partial charge in [-0.15, -0.1) is 0 Å². The summed E-state index contributed by atoms with van der Waals surface area (Å²) in [6, 6.07) is 15.3. The molecule has 9 heteroatoms. The molecule has 0 amide bonds. The second kappa shape index (κ2) is 9.29. The van der Waals surface area contributed by atoms with Gasteiger partial charge in [-0.1, -0.05) is 18.2 Å². The van der Waals surface area contributed by atoms with Crippen molar-refractivity contribution in [2.75, 3.05) is 5.32 Å². The maximum Gasteiger partial charge on any atom is 0.337 e. The van der Waals surface area contributed by atoms with Gasteiger partial charge >= 0.3 is 5.97 Å². The van der Waals surface area contributed by atoms with E-state index in [-0.39, 0.29) is 17.0 Å². The van der Waals surface area contributed by atoms with E-state index in [0.29, 0.717) is 39.5 Å². The van der Waals surface area contributed by atoms with Gasteiger partial charge < -0.3 is 19.3 Å². The van der Waals surface area contributed by atoms with Gasteiger partial charge in [0.25, 0.3) is 0 Å². The van der Waals surface area contributed by atoms with Gasteiger partial charge in [-0.3, -0.25) is 9.20 Å². The van der Waals surface area contributed by atoms with Gasteiger partial charge in [-0.25, -0.2) is 14.8 Å². The number of rotatable bonds is 6. The highest BCUT2D eigenvalue weighted by molar-refractivity contribution is 5.94. The molecule has 0 saturated carbocycles. The number of nitrogens with zero attached hydrogens (tertiary/aromatic N) is 3. The number of hydrogen-bond donors (Lipinski definition) is 2. The third-order valence-corrected chi connectivity index (χ3v) is 6.72. The molecule has 0 radical (unpaired) electrons. The number of carboxylic acid groups (broad SMARTS) is 1. The topological polar surface area (TPSA) is 123 Å². The average Bonchev–Trinajstić information content (AvgIpc) is 3.55. The van der Waals surface area contributed by atoms with Crippen LogP contribution >= 0.6 is 0 Å². The monoisotopic (exact) mass is 520 g/mol. The molecule has 4 heterocycles. The predicted octanol–water partition coefficient (Wildman–Crippen LogP) is 6.25. The maximum absolute atomic E-state index is 13.3. The molecule has 4 aromatic heterocycles. The number of pyridine rings is 1. The summed E-state index contributed by atoms with van der Waals surface area (Å²) in [5.41, 5.74) is 5.40. The summed E-state index contributed by atoms with van der Waals surface area (Å²) < 4.78 is 13.7. The van der Waals surface area contributed by atoms with E-state index in [4.69, 9.17) is 8.83 Å². The van der Waals surface area contributed by atoms with E-state index in [2.05, 4.69) is 15.3 Å². The number of carbonyl (C=O) groups is 1. The minimum Gasteiger partial charge on any atom is -0.478 e. The van der Waals surface area contributed by atoms with Crippen molar-refractivity contribution in [3.63, 3.8) is 0 Å². The summed E-state index contributed by atoms with van der Waals surface area (Å²) in [4.78, 5) is 33.9. The number of imidazole rings is 1. The third-order valence-electron chi connectivity index (χ3n) is 6.72. The first kappa shape index (κ1) is 24.2. The van der Waals surface area contributed by atoms with E-state index in [1.807, 2.05) is 49.6 Å². The van der Waals surface area contributed by atoms with Gasteiger partial charge in [0.05, 0.1) is 28.9 Å². The number of hydrogen-bond acceptors (Lipinski definition) is 7. The van der Waals surface area contributed by atoms with Crippen molar-refractivity contribution in [2.24, 2.45) is 0 Å². The lowest BCUT2D eigenvalue weighted by molar-refractivity contribution is 0.0698. The summed E-state index contributed by atoms with van der Waals surface area (Å²) in [5.74, 6) is -0.156. The molecule has 0 spiro atoms. The molecule has 6 rings (SSSR count). The number of aryl methyl sites for hydroxylation is 2. The lowest BCUT2D eigenvalue weighted by Crippen LogP contribution is -2.12. The fourth-order valence-electron chi connectivity index (χ4n) is 4.92. The van der Waals surface area contributed by atoms with Crippen LogP contribution in [0.3, 0.4) is 0 Å². The van der Waals surface area contributed by atoms with E-state index < -0.39 is 5.97 Å². The fraction of sp³-hybridized carbons (Fsp3) is 0.133. The summed E-state index contributed by atoms with van der Waals surface area (Å²) >= 11 is 0. The van der Waals surface area contributed by atoms with Crippen molar-refractivity contribution in [3.05, 3.63) is 106 Å². The highest BCUT2D eigenvalue weighted by Crippen LogP contribution is 2.32. The zero-order chi connectivity index (χ0) is 27.3. The quantitative estimate of drug-likeness (QED) is 0.264. The van der Waals surface area contributed by atoms with Crippen molar-refractivity contribution in [3.8, 4) is 22.9 Å². The Morgan fingerprint density at radius 2 is 1.92 bits per heavy atom. The molecule has 39 heavy (non-hydrogen) atoms. The van der Waals surface area contributed by atoms with Gasteiger partial charge in [0.15, 0.2) is 5.43 Å². The smallest absolute Gasteiger partial charge is 0.337 e. The summed E-state index contributed by atoms with van der Waals surface area (Å²) in [7, 11) is 0. The highest BCUT2D eigenvalue weighted by atomic mass is 16.4. The second-order valence-corrected chi connectivity index (χ2v) is 9.45. The Kier molecular flexibility index (Phi) is 5.76. The zero-order valence-electron chi connectivity index (χ0n) is 21.4. The highest BCUT2D eigenvalue weighted by Gasteiger charge is 2.20. The van der Waals surface area contributed by atoms with E-state index in [1.54, 1.807) is 36.5 Å². The molecule has 0 saturated heterocycles. The average molecular weight is 521 g/mol. The largest absolute Gasteiger partial charge is 0.478 e. The number of fused-ring (bicyclic) bond motifs is 2. The van der Waals surface area contributed by atoms with Crippen molar-refractivity contribution in [1.82, 2.24) is 14.4 Å². The predicted molar refractivity (Wildman–Crippen MR) is 147 cm³/mol. The zero-order valence-corrected chi connectivity index (χ0v) is 21.4. The van der Waals surface area contributed by atoms with Crippen LogP contribution in [0.2, 0.25) is 0 Å². The number of oxazole rings is 1. The van der Waals surface area contributed by atoms with Crippen molar-refractivity contribution in [1.29, 1.82) is 0 Å². The lowest BCUT2D eigenvalue weighted by Gasteiger charge is -2.19. The number of carboxylic acids is 1. The number of anilines is 1. The minimum absolute atomic E-state index is 0.163. The molecule has 0 fully saturated rings. The third kappa shape index (κ3) is 4.23. The Bertz CT molecular complexity index is 1940. The van der Waals surface area contributed by atoms with Crippen LogP contribution in [0.25, 0.3) is 39.5 Å². The van der Waals surface area contributed by atoms with Crippen molar-refractivity contribution < 1.29 is 18.7 Å². The summed E-state index contributed by atoms with van der Waals surface area (Å²) in [6.07, 6.45) is 4.95. The molecular weight excluding hydrogens is 496 g/mol. The first-order valence-corrected chi connectivity index (χ1v) is 12.4. The van der Waals surface area contributed by atoms with Crippen LogP contribution < -0.4 is 10.7 Å². The number of para-hydroxylation sites is 1. The molecule has 9 nitrogen and oxygen atoms in total. The maximum atomic E-state index is 13.3. The van der Waals surface area contributed by atoms with Crippen LogP contribution in [0.4, 0.5) is 5.69 Å². The Hall–Kier alpha value is -5.18. The van der Waals surface area contributed by atoms with Crippen LogP contribution in [-0.2, 0) is 0 Å². The Balaban J connectivity index is 1.46. The van der Waals surface area contributed by atoms with E-state index in [1.165, 1.54) is 12.3 Å². The Morgan fingerprint density at radius 1 is 1.10 bits per heavy atom. The molecule has 0 aliphatic rings. The molecule has 0 aliphatic carbocycles. The Labute approximate surface area is 222 Å². The minimum atomic E-state index is -1.02. The van der Waals surface area contributed by atoms with Gasteiger partial charge in [0.2, 0.25) is 5.89 Å². The first-order chi connectivity index (χ1) is 18.8. The molecule has 1 atom stereocenters. The van der Waals surface area contributed by atoms with Gasteiger partial charge in [0, 0.05) is 29.1 Å². The first-order valence-electron chi connectivity index (χ1n) is 12.4. The van der Waals surface area contributed by atoms with Gasteiger partial charge in [0.1, 0.15) is 28.9 Å². The SMILES string of the molecule is Cc1cc(C(C)Nc2ccccc2C(=O)O)c2oc(-c3ccn4c(-c5ncco5)c(C)nc4c3)cc(=O)c2c1. The van der Waals surface area contributed by atoms with Gasteiger partial charge in [-0.05, 0) is 56.7 Å². The fourth-order valence-corrected chi connectivity index (χ4v) is 4.92. The molecule has 1 unspecified atom stereocenters. The number of aromatic nitrogens is 3. The number of aromatic carboxylic acids is 1. The standard InChI is InChI=1S/C30H24N4O5/c1-16-12-21(17(2)32-23-7-5-4-6-20(23)30(36)37)28-22(13-16)24(35)15-25(39-28)19-8-10-34-26(14-19)33-18(3)27(34)29-31-9-11-38-29/h4-15,17,32H,1-3H3,(H,36,37). The molecule has 6 aromatic rings. The number of nitrogens with one attached hydrogen (secondary N) is 1. The van der Waals surface area contributed by atoms with E-state index in [0.717, 1.165) is 22.5 Å². The van der Waals surface area contributed by atoms with Crippen molar-refractivity contribution >= 4 is 28.3 Å². The van der Waals surface area contributed by atoms with Crippen LogP contribution in [-0.4, -0.2) is 25.4 Å². The Morgan fingerprint density at radius 3 is 2.69 bits per heavy atom. The molecular formula is C30H24N4O5. The molecule has 0 bridgehead atoms. The van der Waals surface area contributed by atoms with E-state index >= 15 is 0 Å². The number of benzene rings is 2. The van der Waals surface area contributed by atoms with Crippen molar-refractivity contribution in [2.45, 2.75) is 26.8 Å². The van der Waals surface area contributed by atoms with E-state index in [9.17, 15) is 14.7 Å². The molecule has 194 valence electrons. The van der Waals surface area contributed by atoms with Crippen LogP contribution in [0.5, 0.6) is 0 Å².